The quantitative estimate of drug-likeness (QED) is 0.352. The highest BCUT2D eigenvalue weighted by molar-refractivity contribution is 6.32. The number of benzene rings is 1. The summed E-state index contributed by atoms with van der Waals surface area (Å²) >= 11 is 6.40. The highest BCUT2D eigenvalue weighted by atomic mass is 35.5. The van der Waals surface area contributed by atoms with E-state index in [0.29, 0.717) is 56.4 Å². The number of hydrogen-bond donors (Lipinski definition) is 0. The molecule has 2 rings (SSSR count). The summed E-state index contributed by atoms with van der Waals surface area (Å²) in [5.41, 5.74) is 0.310. The lowest BCUT2D eigenvalue weighted by molar-refractivity contribution is -0.151. The summed E-state index contributed by atoms with van der Waals surface area (Å²) in [6.07, 6.45) is 3.28. The molecule has 0 aromatic heterocycles. The van der Waals surface area contributed by atoms with Gasteiger partial charge in [0.25, 0.3) is 5.91 Å². The molecule has 1 atom stereocenters. The van der Waals surface area contributed by atoms with Crippen molar-refractivity contribution in [2.75, 3.05) is 46.5 Å². The number of piperidine rings is 1. The van der Waals surface area contributed by atoms with E-state index in [9.17, 15) is 14.4 Å². The van der Waals surface area contributed by atoms with E-state index in [1.807, 2.05) is 6.92 Å². The van der Waals surface area contributed by atoms with Crippen molar-refractivity contribution in [2.24, 2.45) is 5.92 Å². The standard InChI is InChI=1S/C24H35ClN2O6/c1-5-8-12-33-22-19(25)13-18(14-20(22)31-6-2)23(29)26(4)16-21(28)27-11-9-10-17(15-27)24(30)32-7-3/h13-14,17H,5-12,15-16H2,1-4H3. The maximum Gasteiger partial charge on any atom is 0.310 e. The van der Waals surface area contributed by atoms with Crippen LogP contribution >= 0.6 is 11.6 Å². The van der Waals surface area contributed by atoms with Crippen molar-refractivity contribution < 1.29 is 28.6 Å². The second kappa shape index (κ2) is 13.3. The van der Waals surface area contributed by atoms with Gasteiger partial charge in [-0.2, -0.15) is 0 Å². The Morgan fingerprint density at radius 3 is 2.58 bits per heavy atom. The van der Waals surface area contributed by atoms with Gasteiger partial charge in [-0.1, -0.05) is 24.9 Å². The van der Waals surface area contributed by atoms with Crippen LogP contribution in [0.3, 0.4) is 0 Å². The molecule has 184 valence electrons. The molecule has 0 spiro atoms. The molecule has 0 radical (unpaired) electrons. The van der Waals surface area contributed by atoms with Gasteiger partial charge in [-0.3, -0.25) is 14.4 Å². The van der Waals surface area contributed by atoms with Crippen LogP contribution in [-0.2, 0) is 14.3 Å². The number of halogens is 1. The molecule has 1 aliphatic rings. The third kappa shape index (κ3) is 7.52. The van der Waals surface area contributed by atoms with Gasteiger partial charge in [0.05, 0.1) is 37.3 Å². The van der Waals surface area contributed by atoms with E-state index in [-0.39, 0.29) is 35.3 Å². The van der Waals surface area contributed by atoms with E-state index in [4.69, 9.17) is 25.8 Å². The number of likely N-dealkylation sites (N-methyl/N-ethyl adjacent to an activating group) is 1. The molecule has 1 saturated heterocycles. The van der Waals surface area contributed by atoms with Crippen molar-refractivity contribution >= 4 is 29.4 Å². The molecule has 1 fully saturated rings. The van der Waals surface area contributed by atoms with Crippen molar-refractivity contribution in [3.63, 3.8) is 0 Å². The smallest absolute Gasteiger partial charge is 0.310 e. The van der Waals surface area contributed by atoms with Crippen molar-refractivity contribution in [3.05, 3.63) is 22.7 Å². The monoisotopic (exact) mass is 482 g/mol. The van der Waals surface area contributed by atoms with Crippen molar-refractivity contribution in [3.8, 4) is 11.5 Å². The van der Waals surface area contributed by atoms with E-state index in [1.54, 1.807) is 24.9 Å². The van der Waals surface area contributed by atoms with Crippen molar-refractivity contribution in [1.82, 2.24) is 9.80 Å². The second-order valence-electron chi connectivity index (χ2n) is 8.01. The van der Waals surface area contributed by atoms with E-state index >= 15 is 0 Å². The fourth-order valence-corrected chi connectivity index (χ4v) is 3.93. The Balaban J connectivity index is 2.07. The van der Waals surface area contributed by atoms with Gasteiger partial charge >= 0.3 is 5.97 Å². The number of carbonyl (C=O) groups excluding carboxylic acids is 3. The SMILES string of the molecule is CCCCOc1c(Cl)cc(C(=O)N(C)CC(=O)N2CCCC(C(=O)OCC)C2)cc1OCC. The van der Waals surface area contributed by atoms with Gasteiger partial charge in [-0.05, 0) is 45.2 Å². The molecule has 8 nitrogen and oxygen atoms in total. The van der Waals surface area contributed by atoms with E-state index < -0.39 is 0 Å². The minimum Gasteiger partial charge on any atom is -0.490 e. The number of amides is 2. The third-order valence-electron chi connectivity index (χ3n) is 5.41. The van der Waals surface area contributed by atoms with Crippen molar-refractivity contribution in [1.29, 1.82) is 0 Å². The van der Waals surface area contributed by atoms with Gasteiger partial charge in [0.1, 0.15) is 0 Å². The van der Waals surface area contributed by atoms with Crippen molar-refractivity contribution in [2.45, 2.75) is 46.5 Å². The highest BCUT2D eigenvalue weighted by Crippen LogP contribution is 2.37. The number of carbonyl (C=O) groups is 3. The van der Waals surface area contributed by atoms with Gasteiger partial charge in [0, 0.05) is 25.7 Å². The molecule has 2 amide bonds. The Bertz CT molecular complexity index is 831. The third-order valence-corrected chi connectivity index (χ3v) is 5.69. The van der Waals surface area contributed by atoms with Crippen LogP contribution in [0.4, 0.5) is 0 Å². The van der Waals surface area contributed by atoms with Gasteiger partial charge in [0.15, 0.2) is 11.5 Å². The van der Waals surface area contributed by atoms with Crippen LogP contribution < -0.4 is 9.47 Å². The molecule has 1 unspecified atom stereocenters. The minimum absolute atomic E-state index is 0.106. The Morgan fingerprint density at radius 1 is 1.15 bits per heavy atom. The Hall–Kier alpha value is -2.48. The maximum absolute atomic E-state index is 13.0. The van der Waals surface area contributed by atoms with Crippen LogP contribution in [0.5, 0.6) is 11.5 Å². The van der Waals surface area contributed by atoms with E-state index in [0.717, 1.165) is 19.3 Å². The largest absolute Gasteiger partial charge is 0.490 e. The average molecular weight is 483 g/mol. The van der Waals surface area contributed by atoms with Crippen LogP contribution in [0.1, 0.15) is 56.8 Å². The number of unbranched alkanes of at least 4 members (excludes halogenated alkanes) is 1. The van der Waals surface area contributed by atoms with Crippen LogP contribution in [0, 0.1) is 5.92 Å². The Kier molecular flexibility index (Phi) is 10.8. The number of likely N-dealkylation sites (tertiary alicyclic amines) is 1. The number of rotatable bonds is 11. The fraction of sp³-hybridized carbons (Fsp3) is 0.625. The molecule has 0 bridgehead atoms. The molecule has 1 aliphatic heterocycles. The molecule has 1 aromatic rings. The molecular formula is C24H35ClN2O6. The number of esters is 1. The first-order valence-electron chi connectivity index (χ1n) is 11.6. The molecule has 1 aromatic carbocycles. The summed E-state index contributed by atoms with van der Waals surface area (Å²) in [5.74, 6) is -0.353. The van der Waals surface area contributed by atoms with Gasteiger partial charge in [-0.15, -0.1) is 0 Å². The number of hydrogen-bond acceptors (Lipinski definition) is 6. The Labute approximate surface area is 201 Å². The zero-order chi connectivity index (χ0) is 24.4. The number of ether oxygens (including phenoxy) is 3. The minimum atomic E-state index is -0.356. The molecule has 9 heteroatoms. The molecular weight excluding hydrogens is 448 g/mol. The molecule has 1 heterocycles. The lowest BCUT2D eigenvalue weighted by Gasteiger charge is -2.32. The van der Waals surface area contributed by atoms with Gasteiger partial charge in [-0.25, -0.2) is 0 Å². The van der Waals surface area contributed by atoms with Gasteiger partial charge in [0.2, 0.25) is 5.91 Å². The average Bonchev–Trinajstić information content (AvgIpc) is 2.80. The lowest BCUT2D eigenvalue weighted by atomic mass is 9.98. The summed E-state index contributed by atoms with van der Waals surface area (Å²) in [7, 11) is 1.56. The first-order valence-corrected chi connectivity index (χ1v) is 12.0. The summed E-state index contributed by atoms with van der Waals surface area (Å²) in [4.78, 5) is 40.9. The van der Waals surface area contributed by atoms with Crippen LogP contribution in [0.2, 0.25) is 5.02 Å². The van der Waals surface area contributed by atoms with E-state index in [1.165, 1.54) is 11.0 Å². The normalized spacial score (nSPS) is 15.7. The maximum atomic E-state index is 13.0. The number of nitrogens with zero attached hydrogens (tertiary/aromatic N) is 2. The van der Waals surface area contributed by atoms with E-state index in [2.05, 4.69) is 6.92 Å². The Morgan fingerprint density at radius 2 is 1.91 bits per heavy atom. The predicted molar refractivity (Wildman–Crippen MR) is 126 cm³/mol. The zero-order valence-electron chi connectivity index (χ0n) is 20.0. The molecule has 0 saturated carbocycles. The molecule has 0 aliphatic carbocycles. The first-order chi connectivity index (χ1) is 15.8. The fourth-order valence-electron chi connectivity index (χ4n) is 3.66. The second-order valence-corrected chi connectivity index (χ2v) is 8.42. The van der Waals surface area contributed by atoms with Crippen LogP contribution in [0.25, 0.3) is 0 Å². The van der Waals surface area contributed by atoms with Gasteiger partial charge < -0.3 is 24.0 Å². The topological polar surface area (TPSA) is 85.4 Å². The summed E-state index contributed by atoms with van der Waals surface area (Å²) in [5, 5.41) is 0.286. The zero-order valence-corrected chi connectivity index (χ0v) is 20.8. The lowest BCUT2D eigenvalue weighted by Crippen LogP contribution is -2.47. The summed E-state index contributed by atoms with van der Waals surface area (Å²) in [6.45, 7) is 7.63. The summed E-state index contributed by atoms with van der Waals surface area (Å²) < 4.78 is 16.5. The predicted octanol–water partition coefficient (Wildman–Crippen LogP) is 3.79. The highest BCUT2D eigenvalue weighted by Gasteiger charge is 2.30. The van der Waals surface area contributed by atoms with Crippen LogP contribution in [-0.4, -0.2) is 74.1 Å². The first kappa shape index (κ1) is 26.8. The molecule has 0 N–H and O–H groups in total. The summed E-state index contributed by atoms with van der Waals surface area (Å²) in [6, 6.07) is 3.13. The molecule has 33 heavy (non-hydrogen) atoms. The van der Waals surface area contributed by atoms with Crippen LogP contribution in [0.15, 0.2) is 12.1 Å².